The van der Waals surface area contributed by atoms with Gasteiger partial charge in [0, 0.05) is 0 Å². The highest BCUT2D eigenvalue weighted by molar-refractivity contribution is 5.74. The van der Waals surface area contributed by atoms with Gasteiger partial charge in [-0.3, -0.25) is 4.79 Å². The van der Waals surface area contributed by atoms with E-state index in [0.29, 0.717) is 31.1 Å². The van der Waals surface area contributed by atoms with Crippen molar-refractivity contribution in [2.45, 2.75) is 90.1 Å². The van der Waals surface area contributed by atoms with E-state index in [0.717, 1.165) is 25.7 Å². The van der Waals surface area contributed by atoms with Crippen LogP contribution < -0.4 is 0 Å². The second-order valence-corrected chi connectivity index (χ2v) is 7.94. The number of ether oxygens (including phenoxy) is 1. The Hall–Kier alpha value is -0.650. The summed E-state index contributed by atoms with van der Waals surface area (Å²) >= 11 is 0. The van der Waals surface area contributed by atoms with Crippen LogP contribution in [0.4, 0.5) is 0 Å². The Labute approximate surface area is 139 Å². The lowest BCUT2D eigenvalue weighted by atomic mass is 9.67. The van der Waals surface area contributed by atoms with E-state index >= 15 is 0 Å². The maximum Gasteiger partial charge on any atom is 0.309 e. The van der Waals surface area contributed by atoms with E-state index in [4.69, 9.17) is 4.74 Å². The Kier molecular flexibility index (Phi) is 6.09. The van der Waals surface area contributed by atoms with E-state index in [1.165, 1.54) is 0 Å². The van der Waals surface area contributed by atoms with E-state index < -0.39 is 17.5 Å². The third-order valence-electron chi connectivity index (χ3n) is 6.00. The van der Waals surface area contributed by atoms with Crippen LogP contribution in [-0.2, 0) is 9.53 Å². The molecule has 3 rings (SSSR count). The zero-order valence-corrected chi connectivity index (χ0v) is 14.6. The van der Waals surface area contributed by atoms with Crippen LogP contribution in [0.1, 0.15) is 65.7 Å². The number of aliphatic hydroxyl groups excluding tert-OH is 2. The molecule has 134 valence electrons. The maximum absolute atomic E-state index is 11.6. The van der Waals surface area contributed by atoms with E-state index in [1.54, 1.807) is 13.8 Å². The average molecular weight is 328 g/mol. The van der Waals surface area contributed by atoms with Crippen LogP contribution in [-0.4, -0.2) is 45.7 Å². The summed E-state index contributed by atoms with van der Waals surface area (Å²) in [6, 6.07) is 0. The lowest BCUT2D eigenvalue weighted by molar-refractivity contribution is -0.159. The van der Waals surface area contributed by atoms with Crippen LogP contribution in [0, 0.1) is 17.3 Å². The summed E-state index contributed by atoms with van der Waals surface area (Å²) in [5, 5.41) is 29.3. The van der Waals surface area contributed by atoms with Gasteiger partial charge in [-0.2, -0.15) is 0 Å². The van der Waals surface area contributed by atoms with E-state index in [1.807, 2.05) is 6.92 Å². The minimum absolute atomic E-state index is 0.0933. The smallest absolute Gasteiger partial charge is 0.309 e. The predicted octanol–water partition coefficient (Wildman–Crippen LogP) is 2.58. The molecule has 0 spiro atoms. The second kappa shape index (κ2) is 7.49. The lowest BCUT2D eigenvalue weighted by Crippen LogP contribution is -2.47. The van der Waals surface area contributed by atoms with E-state index in [9.17, 15) is 20.1 Å². The van der Waals surface area contributed by atoms with Gasteiger partial charge in [-0.05, 0) is 70.6 Å². The van der Waals surface area contributed by atoms with Crippen molar-refractivity contribution in [2.24, 2.45) is 17.3 Å². The number of carboxylic acid groups (broad SMARTS) is 1. The molecule has 3 saturated carbocycles. The molecule has 0 saturated heterocycles. The molecule has 0 aromatic rings. The quantitative estimate of drug-likeness (QED) is 0.637. The molecule has 0 radical (unpaired) electrons. The minimum atomic E-state index is -0.827. The molecule has 7 atom stereocenters. The summed E-state index contributed by atoms with van der Waals surface area (Å²) in [6.45, 7) is 5.36. The van der Waals surface area contributed by atoms with Gasteiger partial charge < -0.3 is 20.1 Å². The number of hydrogen-bond donors (Lipinski definition) is 3. The zero-order valence-electron chi connectivity index (χ0n) is 14.6. The van der Waals surface area contributed by atoms with Crippen molar-refractivity contribution >= 4 is 5.97 Å². The first kappa shape index (κ1) is 18.7. The molecule has 5 nitrogen and oxygen atoms in total. The molecule has 23 heavy (non-hydrogen) atoms. The third kappa shape index (κ3) is 4.46. The van der Waals surface area contributed by atoms with Crippen LogP contribution in [0.15, 0.2) is 0 Å². The number of fused-ring (bicyclic) bond motifs is 3. The first-order chi connectivity index (χ1) is 10.7. The van der Waals surface area contributed by atoms with Crippen molar-refractivity contribution in [3.05, 3.63) is 0 Å². The molecule has 2 bridgehead atoms. The van der Waals surface area contributed by atoms with Crippen molar-refractivity contribution in [1.29, 1.82) is 0 Å². The molecule has 0 amide bonds. The van der Waals surface area contributed by atoms with Crippen molar-refractivity contribution in [1.82, 2.24) is 0 Å². The minimum Gasteiger partial charge on any atom is -0.481 e. The van der Waals surface area contributed by atoms with E-state index in [2.05, 4.69) is 0 Å². The molecule has 0 aromatic carbocycles. The molecule has 3 aliphatic rings. The Morgan fingerprint density at radius 3 is 2.39 bits per heavy atom. The Bertz CT molecular complexity index is 410. The molecule has 3 N–H and O–H groups in total. The number of rotatable bonds is 8. The first-order valence-corrected chi connectivity index (χ1v) is 9.00. The molecule has 5 heteroatoms. The van der Waals surface area contributed by atoms with Gasteiger partial charge in [0.05, 0.1) is 29.8 Å². The largest absolute Gasteiger partial charge is 0.481 e. The fourth-order valence-electron chi connectivity index (χ4n) is 4.21. The summed E-state index contributed by atoms with van der Waals surface area (Å²) in [5.41, 5.74) is -0.827. The van der Waals surface area contributed by atoms with Gasteiger partial charge in [-0.25, -0.2) is 0 Å². The lowest BCUT2D eigenvalue weighted by Gasteiger charge is -2.46. The van der Waals surface area contributed by atoms with Crippen molar-refractivity contribution in [3.63, 3.8) is 0 Å². The number of hydrogen-bond acceptors (Lipinski definition) is 4. The zero-order chi connectivity index (χ0) is 17.2. The van der Waals surface area contributed by atoms with Gasteiger partial charge in [-0.15, -0.1) is 0 Å². The standard InChI is InChI=1S/C18H32O5/c1-4-18(3,17(21)22)10-14(7-11(2)19)23-16-9-12-5-6-13(16)8-15(12)20/h11-16,19-20H,4-10H2,1-3H3,(H,21,22). The SMILES string of the molecule is CCC(C)(CC(CC(C)O)OC1CC2CCC1CC2O)C(=O)O. The second-order valence-electron chi connectivity index (χ2n) is 7.94. The number of carbonyl (C=O) groups is 1. The van der Waals surface area contributed by atoms with Gasteiger partial charge in [0.2, 0.25) is 0 Å². The molecular weight excluding hydrogens is 296 g/mol. The summed E-state index contributed by atoms with van der Waals surface area (Å²) in [7, 11) is 0. The Balaban J connectivity index is 2.03. The van der Waals surface area contributed by atoms with Gasteiger partial charge in [0.25, 0.3) is 0 Å². The maximum atomic E-state index is 11.6. The van der Waals surface area contributed by atoms with Crippen molar-refractivity contribution in [2.75, 3.05) is 0 Å². The third-order valence-corrected chi connectivity index (χ3v) is 6.00. The summed E-state index contributed by atoms with van der Waals surface area (Å²) in [4.78, 5) is 11.6. The highest BCUT2D eigenvalue weighted by Crippen LogP contribution is 2.44. The van der Waals surface area contributed by atoms with Gasteiger partial charge in [0.1, 0.15) is 0 Å². The monoisotopic (exact) mass is 328 g/mol. The molecule has 0 aromatic heterocycles. The van der Waals surface area contributed by atoms with Gasteiger partial charge in [-0.1, -0.05) is 6.92 Å². The summed E-state index contributed by atoms with van der Waals surface area (Å²) in [5.74, 6) is -0.127. The number of carboxylic acids is 1. The van der Waals surface area contributed by atoms with Crippen molar-refractivity contribution in [3.8, 4) is 0 Å². The van der Waals surface area contributed by atoms with E-state index in [-0.39, 0.29) is 18.3 Å². The number of aliphatic carboxylic acids is 1. The average Bonchev–Trinajstić information content (AvgIpc) is 2.47. The molecule has 0 aliphatic heterocycles. The molecule has 0 heterocycles. The fraction of sp³-hybridized carbons (Fsp3) is 0.944. The van der Waals surface area contributed by atoms with Crippen LogP contribution in [0.5, 0.6) is 0 Å². The molecule has 3 fully saturated rings. The molecule has 7 unspecified atom stereocenters. The number of aliphatic hydroxyl groups is 2. The first-order valence-electron chi connectivity index (χ1n) is 9.00. The fourth-order valence-corrected chi connectivity index (χ4v) is 4.21. The van der Waals surface area contributed by atoms with Crippen LogP contribution in [0.3, 0.4) is 0 Å². The normalized spacial score (nSPS) is 35.5. The van der Waals surface area contributed by atoms with Gasteiger partial charge in [0.15, 0.2) is 0 Å². The molecular formula is C18H32O5. The van der Waals surface area contributed by atoms with Crippen LogP contribution >= 0.6 is 0 Å². The summed E-state index contributed by atoms with van der Waals surface area (Å²) < 4.78 is 6.30. The highest BCUT2D eigenvalue weighted by atomic mass is 16.5. The Morgan fingerprint density at radius 2 is 1.96 bits per heavy atom. The predicted molar refractivity (Wildman–Crippen MR) is 87.1 cm³/mol. The Morgan fingerprint density at radius 1 is 1.30 bits per heavy atom. The van der Waals surface area contributed by atoms with Crippen LogP contribution in [0.2, 0.25) is 0 Å². The van der Waals surface area contributed by atoms with Crippen LogP contribution in [0.25, 0.3) is 0 Å². The van der Waals surface area contributed by atoms with Crippen molar-refractivity contribution < 1.29 is 24.9 Å². The molecule has 3 aliphatic carbocycles. The highest BCUT2D eigenvalue weighted by Gasteiger charge is 2.43. The topological polar surface area (TPSA) is 87.0 Å². The van der Waals surface area contributed by atoms with Gasteiger partial charge >= 0.3 is 5.97 Å². The summed E-state index contributed by atoms with van der Waals surface area (Å²) in [6.07, 6.45) is 4.33.